The predicted octanol–water partition coefficient (Wildman–Crippen LogP) is 2.70. The molecular formula is C11H13F3O3. The van der Waals surface area contributed by atoms with Gasteiger partial charge in [-0.15, -0.1) is 0 Å². The maximum absolute atomic E-state index is 12.4. The van der Waals surface area contributed by atoms with Crippen molar-refractivity contribution in [2.75, 3.05) is 20.8 Å². The standard InChI is InChI=1S/C11H13F3O3/c1-15-10(16-2)7-17-9-5-3-4-8(6-9)11(12,13)14/h3-6,10H,7H2,1-2H3. The predicted molar refractivity (Wildman–Crippen MR) is 54.7 cm³/mol. The maximum Gasteiger partial charge on any atom is 0.416 e. The highest BCUT2D eigenvalue weighted by molar-refractivity contribution is 5.30. The van der Waals surface area contributed by atoms with Gasteiger partial charge in [-0.25, -0.2) is 0 Å². The molecule has 1 aromatic carbocycles. The van der Waals surface area contributed by atoms with Gasteiger partial charge in [0.1, 0.15) is 12.4 Å². The largest absolute Gasteiger partial charge is 0.488 e. The molecule has 1 aromatic rings. The first-order valence-electron chi connectivity index (χ1n) is 4.83. The van der Waals surface area contributed by atoms with E-state index in [0.29, 0.717) is 0 Å². The third-order valence-electron chi connectivity index (χ3n) is 2.07. The third kappa shape index (κ3) is 4.24. The monoisotopic (exact) mass is 250 g/mol. The highest BCUT2D eigenvalue weighted by Gasteiger charge is 2.30. The summed E-state index contributed by atoms with van der Waals surface area (Å²) in [6, 6.07) is 4.64. The van der Waals surface area contributed by atoms with Crippen LogP contribution in [-0.2, 0) is 15.7 Å². The zero-order valence-electron chi connectivity index (χ0n) is 9.45. The Hall–Kier alpha value is -1.27. The van der Waals surface area contributed by atoms with Gasteiger partial charge in [0.15, 0.2) is 6.29 Å². The average molecular weight is 250 g/mol. The smallest absolute Gasteiger partial charge is 0.416 e. The fraction of sp³-hybridized carbons (Fsp3) is 0.455. The van der Waals surface area contributed by atoms with Crippen LogP contribution in [0.1, 0.15) is 5.56 Å². The van der Waals surface area contributed by atoms with Gasteiger partial charge in [-0.1, -0.05) is 6.07 Å². The number of alkyl halides is 3. The molecule has 0 atom stereocenters. The van der Waals surface area contributed by atoms with Gasteiger partial charge in [0.05, 0.1) is 5.56 Å². The van der Waals surface area contributed by atoms with Crippen molar-refractivity contribution in [1.82, 2.24) is 0 Å². The van der Waals surface area contributed by atoms with Crippen molar-refractivity contribution < 1.29 is 27.4 Å². The molecule has 0 heterocycles. The van der Waals surface area contributed by atoms with E-state index in [0.717, 1.165) is 12.1 Å². The summed E-state index contributed by atoms with van der Waals surface area (Å²) in [6.07, 6.45) is -4.98. The first kappa shape index (κ1) is 13.8. The highest BCUT2D eigenvalue weighted by atomic mass is 19.4. The van der Waals surface area contributed by atoms with Gasteiger partial charge in [-0.2, -0.15) is 13.2 Å². The van der Waals surface area contributed by atoms with E-state index in [1.54, 1.807) is 0 Å². The van der Waals surface area contributed by atoms with Gasteiger partial charge < -0.3 is 14.2 Å². The summed E-state index contributed by atoms with van der Waals surface area (Å²) in [5, 5.41) is 0. The number of rotatable bonds is 5. The molecule has 0 spiro atoms. The fourth-order valence-corrected chi connectivity index (χ4v) is 1.16. The van der Waals surface area contributed by atoms with Gasteiger partial charge in [-0.3, -0.25) is 0 Å². The second-order valence-electron chi connectivity index (χ2n) is 3.24. The second kappa shape index (κ2) is 5.88. The summed E-state index contributed by atoms with van der Waals surface area (Å²) in [4.78, 5) is 0. The van der Waals surface area contributed by atoms with Gasteiger partial charge in [0, 0.05) is 14.2 Å². The Morgan fingerprint density at radius 1 is 1.18 bits per heavy atom. The third-order valence-corrected chi connectivity index (χ3v) is 2.07. The van der Waals surface area contributed by atoms with Crippen LogP contribution in [0.4, 0.5) is 13.2 Å². The first-order chi connectivity index (χ1) is 7.97. The number of benzene rings is 1. The lowest BCUT2D eigenvalue weighted by atomic mass is 10.2. The van der Waals surface area contributed by atoms with Crippen LogP contribution in [0.15, 0.2) is 24.3 Å². The van der Waals surface area contributed by atoms with Gasteiger partial charge in [-0.05, 0) is 18.2 Å². The van der Waals surface area contributed by atoms with Crippen LogP contribution < -0.4 is 4.74 Å². The molecule has 0 aliphatic carbocycles. The zero-order valence-corrected chi connectivity index (χ0v) is 9.45. The van der Waals surface area contributed by atoms with E-state index in [1.807, 2.05) is 0 Å². The van der Waals surface area contributed by atoms with Crippen molar-refractivity contribution in [3.05, 3.63) is 29.8 Å². The van der Waals surface area contributed by atoms with Crippen molar-refractivity contribution >= 4 is 0 Å². The Kier molecular flexibility index (Phi) is 4.77. The van der Waals surface area contributed by atoms with E-state index < -0.39 is 18.0 Å². The van der Waals surface area contributed by atoms with Crippen LogP contribution in [0.25, 0.3) is 0 Å². The molecule has 0 aliphatic rings. The van der Waals surface area contributed by atoms with Crippen LogP contribution in [-0.4, -0.2) is 27.1 Å². The molecule has 0 aliphatic heterocycles. The highest BCUT2D eigenvalue weighted by Crippen LogP contribution is 2.31. The molecule has 0 saturated carbocycles. The number of hydrogen-bond acceptors (Lipinski definition) is 3. The molecule has 0 saturated heterocycles. The average Bonchev–Trinajstić information content (AvgIpc) is 2.30. The quantitative estimate of drug-likeness (QED) is 0.752. The van der Waals surface area contributed by atoms with E-state index >= 15 is 0 Å². The van der Waals surface area contributed by atoms with Crippen molar-refractivity contribution in [3.8, 4) is 5.75 Å². The summed E-state index contributed by atoms with van der Waals surface area (Å²) in [6.45, 7) is 0.0221. The minimum atomic E-state index is -4.37. The molecular weight excluding hydrogens is 237 g/mol. The van der Waals surface area contributed by atoms with Crippen molar-refractivity contribution in [2.45, 2.75) is 12.5 Å². The molecule has 96 valence electrons. The van der Waals surface area contributed by atoms with Crippen LogP contribution in [0.3, 0.4) is 0 Å². The molecule has 0 unspecified atom stereocenters. The summed E-state index contributed by atoms with van der Waals surface area (Å²) in [5.74, 6) is 0.124. The Labute approximate surface area is 97.1 Å². The van der Waals surface area contributed by atoms with E-state index in [4.69, 9.17) is 14.2 Å². The topological polar surface area (TPSA) is 27.7 Å². The summed E-state index contributed by atoms with van der Waals surface area (Å²) in [5.41, 5.74) is -0.749. The number of halogens is 3. The zero-order chi connectivity index (χ0) is 12.9. The molecule has 17 heavy (non-hydrogen) atoms. The molecule has 0 bridgehead atoms. The molecule has 0 radical (unpaired) electrons. The first-order valence-corrected chi connectivity index (χ1v) is 4.83. The van der Waals surface area contributed by atoms with Gasteiger partial charge in [0.25, 0.3) is 0 Å². The van der Waals surface area contributed by atoms with E-state index in [-0.39, 0.29) is 12.4 Å². The van der Waals surface area contributed by atoms with Crippen molar-refractivity contribution in [3.63, 3.8) is 0 Å². The molecule has 6 heteroatoms. The van der Waals surface area contributed by atoms with Crippen LogP contribution >= 0.6 is 0 Å². The lowest BCUT2D eigenvalue weighted by Gasteiger charge is -2.15. The van der Waals surface area contributed by atoms with E-state index in [9.17, 15) is 13.2 Å². The number of hydrogen-bond donors (Lipinski definition) is 0. The number of ether oxygens (including phenoxy) is 3. The van der Waals surface area contributed by atoms with E-state index in [1.165, 1.54) is 26.4 Å². The SMILES string of the molecule is COC(COc1cccc(C(F)(F)F)c1)OC. The van der Waals surface area contributed by atoms with Gasteiger partial charge >= 0.3 is 6.18 Å². The lowest BCUT2D eigenvalue weighted by Crippen LogP contribution is -2.22. The summed E-state index contributed by atoms with van der Waals surface area (Å²) < 4.78 is 52.0. The fourth-order valence-electron chi connectivity index (χ4n) is 1.16. The van der Waals surface area contributed by atoms with Crippen molar-refractivity contribution in [2.24, 2.45) is 0 Å². The second-order valence-corrected chi connectivity index (χ2v) is 3.24. The molecule has 1 rings (SSSR count). The minimum absolute atomic E-state index is 0.0221. The molecule has 0 aromatic heterocycles. The molecule has 0 amide bonds. The molecule has 0 fully saturated rings. The van der Waals surface area contributed by atoms with Crippen LogP contribution in [0.2, 0.25) is 0 Å². The van der Waals surface area contributed by atoms with Crippen LogP contribution in [0.5, 0.6) is 5.75 Å². The Bertz CT molecular complexity index is 348. The minimum Gasteiger partial charge on any atom is -0.488 e. The Morgan fingerprint density at radius 3 is 2.35 bits per heavy atom. The van der Waals surface area contributed by atoms with Crippen molar-refractivity contribution in [1.29, 1.82) is 0 Å². The Morgan fingerprint density at radius 2 is 1.82 bits per heavy atom. The lowest BCUT2D eigenvalue weighted by molar-refractivity contribution is -0.137. The summed E-state index contributed by atoms with van der Waals surface area (Å²) >= 11 is 0. The normalized spacial score (nSPS) is 11.9. The molecule has 3 nitrogen and oxygen atoms in total. The van der Waals surface area contributed by atoms with E-state index in [2.05, 4.69) is 0 Å². The molecule has 0 N–H and O–H groups in total. The Balaban J connectivity index is 2.66. The van der Waals surface area contributed by atoms with Crippen LogP contribution in [0, 0.1) is 0 Å². The number of methoxy groups -OCH3 is 2. The van der Waals surface area contributed by atoms with Gasteiger partial charge in [0.2, 0.25) is 0 Å². The summed E-state index contributed by atoms with van der Waals surface area (Å²) in [7, 11) is 2.84. The maximum atomic E-state index is 12.4.